The van der Waals surface area contributed by atoms with Gasteiger partial charge in [0.05, 0.1) is 0 Å². The van der Waals surface area contributed by atoms with Crippen molar-refractivity contribution in [1.82, 2.24) is 0 Å². The van der Waals surface area contributed by atoms with E-state index in [0.29, 0.717) is 0 Å². The lowest BCUT2D eigenvalue weighted by Crippen LogP contribution is -2.61. The van der Waals surface area contributed by atoms with Crippen molar-refractivity contribution in [2.45, 2.75) is 75.9 Å². The van der Waals surface area contributed by atoms with Crippen molar-refractivity contribution in [2.75, 3.05) is 0 Å². The Hall–Kier alpha value is -0.240. The number of aliphatic hydroxyl groups excluding tert-OH is 2. The van der Waals surface area contributed by atoms with Gasteiger partial charge in [-0.15, -0.1) is 0 Å². The summed E-state index contributed by atoms with van der Waals surface area (Å²) in [6, 6.07) is 0. The first-order chi connectivity index (χ1) is 8.20. The summed E-state index contributed by atoms with van der Waals surface area (Å²) in [5.41, 5.74) is 0. The molecule has 0 bridgehead atoms. The number of aliphatic hydroxyl groups is 2. The van der Waals surface area contributed by atoms with Crippen molar-refractivity contribution in [3.05, 3.63) is 0 Å². The zero-order valence-electron chi connectivity index (χ0n) is 11.0. The molecular weight excluding hydrogens is 240 g/mol. The van der Waals surface area contributed by atoms with Crippen LogP contribution in [0.25, 0.3) is 0 Å². The molecule has 3 aliphatic rings. The Kier molecular flexibility index (Phi) is 2.59. The minimum Gasteiger partial charge on any atom is -0.387 e. The van der Waals surface area contributed by atoms with Crippen LogP contribution in [0.1, 0.15) is 27.7 Å². The number of rotatable bonds is 0. The molecule has 3 rings (SSSR count). The Labute approximate surface area is 106 Å². The van der Waals surface area contributed by atoms with Crippen molar-refractivity contribution < 1.29 is 29.2 Å². The predicted molar refractivity (Wildman–Crippen MR) is 59.7 cm³/mol. The van der Waals surface area contributed by atoms with Gasteiger partial charge in [0.25, 0.3) is 0 Å². The minimum absolute atomic E-state index is 0.589. The van der Waals surface area contributed by atoms with Crippen LogP contribution in [0.2, 0.25) is 0 Å². The monoisotopic (exact) mass is 260 g/mol. The number of fused-ring (bicyclic) bond motifs is 2. The summed E-state index contributed by atoms with van der Waals surface area (Å²) in [6.45, 7) is 7.02. The van der Waals surface area contributed by atoms with Crippen LogP contribution in [0.5, 0.6) is 0 Å². The Morgan fingerprint density at radius 2 is 0.833 bits per heavy atom. The van der Waals surface area contributed by atoms with Crippen LogP contribution in [0, 0.1) is 0 Å². The molecular formula is C12H20O6. The Morgan fingerprint density at radius 1 is 0.611 bits per heavy atom. The average Bonchev–Trinajstić information content (AvgIpc) is 2.72. The molecule has 6 heteroatoms. The van der Waals surface area contributed by atoms with Crippen LogP contribution in [0.3, 0.4) is 0 Å². The van der Waals surface area contributed by atoms with Crippen molar-refractivity contribution in [2.24, 2.45) is 0 Å². The maximum Gasteiger partial charge on any atom is 0.164 e. The van der Waals surface area contributed by atoms with E-state index in [1.54, 1.807) is 27.7 Å². The molecule has 104 valence electrons. The quantitative estimate of drug-likeness (QED) is 0.626. The van der Waals surface area contributed by atoms with Gasteiger partial charge in [-0.05, 0) is 27.7 Å². The highest BCUT2D eigenvalue weighted by Crippen LogP contribution is 2.43. The molecule has 1 aliphatic carbocycles. The van der Waals surface area contributed by atoms with Gasteiger partial charge in [-0.1, -0.05) is 0 Å². The molecule has 2 saturated heterocycles. The van der Waals surface area contributed by atoms with E-state index in [0.717, 1.165) is 0 Å². The molecule has 0 spiro atoms. The molecule has 0 aromatic rings. The van der Waals surface area contributed by atoms with Gasteiger partial charge < -0.3 is 29.2 Å². The SMILES string of the molecule is CC1(C)O[C@@H]2C(O)[C@@H]3OC(C)(C)O[C@@H]3C(O)[C@@H]2O1. The maximum atomic E-state index is 10.3. The normalized spacial score (nSPS) is 53.0. The van der Waals surface area contributed by atoms with Gasteiger partial charge in [0, 0.05) is 0 Å². The molecule has 2 heterocycles. The van der Waals surface area contributed by atoms with Gasteiger partial charge in [0.2, 0.25) is 0 Å². The third-order valence-corrected chi connectivity index (χ3v) is 3.67. The lowest BCUT2D eigenvalue weighted by atomic mass is 9.85. The van der Waals surface area contributed by atoms with Crippen LogP contribution in [0.4, 0.5) is 0 Å². The van der Waals surface area contributed by atoms with Crippen molar-refractivity contribution in [1.29, 1.82) is 0 Å². The smallest absolute Gasteiger partial charge is 0.164 e. The molecule has 2 aliphatic heterocycles. The molecule has 1 saturated carbocycles. The molecule has 0 amide bonds. The Morgan fingerprint density at radius 3 is 1.06 bits per heavy atom. The fourth-order valence-electron chi connectivity index (χ4n) is 3.06. The van der Waals surface area contributed by atoms with Crippen molar-refractivity contribution in [3.63, 3.8) is 0 Å². The first-order valence-electron chi connectivity index (χ1n) is 6.28. The number of hydrogen-bond acceptors (Lipinski definition) is 6. The zero-order chi connectivity index (χ0) is 13.3. The van der Waals surface area contributed by atoms with Gasteiger partial charge in [-0.3, -0.25) is 0 Å². The fraction of sp³-hybridized carbons (Fsp3) is 1.00. The summed E-state index contributed by atoms with van der Waals surface area (Å²) in [5.74, 6) is -1.63. The van der Waals surface area contributed by atoms with Crippen LogP contribution in [0.15, 0.2) is 0 Å². The van der Waals surface area contributed by atoms with Crippen LogP contribution >= 0.6 is 0 Å². The van der Waals surface area contributed by atoms with E-state index in [1.165, 1.54) is 0 Å². The van der Waals surface area contributed by atoms with Gasteiger partial charge in [-0.25, -0.2) is 0 Å². The van der Waals surface area contributed by atoms with E-state index in [9.17, 15) is 10.2 Å². The van der Waals surface area contributed by atoms with E-state index in [2.05, 4.69) is 0 Å². The van der Waals surface area contributed by atoms with E-state index >= 15 is 0 Å². The standard InChI is InChI=1S/C12H20O6/c1-11(2)15-7-5(13)9-10(6(14)8(7)16-11)18-12(3,4)17-9/h5-10,13-14H,1-4H3/t5?,6?,7-,8+,9+,10-. The third kappa shape index (κ3) is 1.79. The van der Waals surface area contributed by atoms with E-state index in [-0.39, 0.29) is 0 Å². The average molecular weight is 260 g/mol. The number of ether oxygens (including phenoxy) is 4. The molecule has 6 nitrogen and oxygen atoms in total. The van der Waals surface area contributed by atoms with E-state index < -0.39 is 48.2 Å². The Balaban J connectivity index is 1.88. The summed E-state index contributed by atoms with van der Waals surface area (Å²) in [5, 5.41) is 20.6. The summed E-state index contributed by atoms with van der Waals surface area (Å²) >= 11 is 0. The zero-order valence-corrected chi connectivity index (χ0v) is 11.0. The topological polar surface area (TPSA) is 77.4 Å². The summed E-state index contributed by atoms with van der Waals surface area (Å²) < 4.78 is 22.6. The lowest BCUT2D eigenvalue weighted by molar-refractivity contribution is -0.183. The van der Waals surface area contributed by atoms with Crippen LogP contribution in [-0.4, -0.2) is 58.4 Å². The lowest BCUT2D eigenvalue weighted by Gasteiger charge is -2.38. The third-order valence-electron chi connectivity index (χ3n) is 3.67. The molecule has 0 aromatic heterocycles. The molecule has 0 radical (unpaired) electrons. The van der Waals surface area contributed by atoms with Gasteiger partial charge in [-0.2, -0.15) is 0 Å². The highest BCUT2D eigenvalue weighted by molar-refractivity contribution is 5.07. The van der Waals surface area contributed by atoms with Gasteiger partial charge >= 0.3 is 0 Å². The maximum absolute atomic E-state index is 10.3. The molecule has 2 N–H and O–H groups in total. The van der Waals surface area contributed by atoms with Crippen LogP contribution in [-0.2, 0) is 18.9 Å². The van der Waals surface area contributed by atoms with Gasteiger partial charge in [0.1, 0.15) is 36.6 Å². The fourth-order valence-corrected chi connectivity index (χ4v) is 3.06. The largest absolute Gasteiger partial charge is 0.387 e. The molecule has 6 atom stereocenters. The summed E-state index contributed by atoms with van der Waals surface area (Å²) in [4.78, 5) is 0. The molecule has 18 heavy (non-hydrogen) atoms. The minimum atomic E-state index is -0.869. The van der Waals surface area contributed by atoms with E-state index in [1.807, 2.05) is 0 Å². The first-order valence-corrected chi connectivity index (χ1v) is 6.28. The van der Waals surface area contributed by atoms with Gasteiger partial charge in [0.15, 0.2) is 11.6 Å². The molecule has 0 aromatic carbocycles. The molecule has 2 unspecified atom stereocenters. The first kappa shape index (κ1) is 12.8. The summed E-state index contributed by atoms with van der Waals surface area (Å²) in [6.07, 6.45) is -4.09. The second kappa shape index (κ2) is 3.65. The van der Waals surface area contributed by atoms with Crippen molar-refractivity contribution >= 4 is 0 Å². The van der Waals surface area contributed by atoms with Crippen LogP contribution < -0.4 is 0 Å². The highest BCUT2D eigenvalue weighted by Gasteiger charge is 2.62. The Bertz CT molecular complexity index is 292. The second-order valence-electron chi connectivity index (χ2n) is 6.11. The highest BCUT2D eigenvalue weighted by atomic mass is 16.8. The molecule has 3 fully saturated rings. The summed E-state index contributed by atoms with van der Waals surface area (Å²) in [7, 11) is 0. The van der Waals surface area contributed by atoms with E-state index in [4.69, 9.17) is 18.9 Å². The predicted octanol–water partition coefficient (Wildman–Crippen LogP) is -0.238. The van der Waals surface area contributed by atoms with Crippen molar-refractivity contribution in [3.8, 4) is 0 Å². The second-order valence-corrected chi connectivity index (χ2v) is 6.11. The number of hydrogen-bond donors (Lipinski definition) is 2.